The van der Waals surface area contributed by atoms with Gasteiger partial charge in [-0.3, -0.25) is 4.79 Å². The van der Waals surface area contributed by atoms with E-state index >= 15 is 0 Å². The summed E-state index contributed by atoms with van der Waals surface area (Å²) in [7, 11) is 0. The molecule has 0 aliphatic carbocycles. The number of hydrogen-bond donors (Lipinski definition) is 0. The number of halogens is 1. The Bertz CT molecular complexity index is 1310. The minimum atomic E-state index is -0.560. The van der Waals surface area contributed by atoms with Crippen LogP contribution >= 0.6 is 11.6 Å². The maximum absolute atomic E-state index is 13.3. The van der Waals surface area contributed by atoms with E-state index in [1.165, 1.54) is 0 Å². The van der Waals surface area contributed by atoms with Gasteiger partial charge in [0.2, 0.25) is 11.2 Å². The number of benzene rings is 3. The molecular weight excluding hydrogens is 440 g/mol. The van der Waals surface area contributed by atoms with Gasteiger partial charge in [-0.05, 0) is 53.9 Å². The number of ether oxygens (including phenoxy) is 2. The Hall–Kier alpha value is -3.57. The molecule has 0 N–H and O–H groups in total. The minimum absolute atomic E-state index is 0.0296. The van der Waals surface area contributed by atoms with Crippen molar-refractivity contribution in [1.29, 1.82) is 0 Å². The number of carbonyl (C=O) groups excluding carboxylic acids is 1. The van der Waals surface area contributed by atoms with Crippen molar-refractivity contribution in [2.24, 2.45) is 0 Å². The second-order valence-electron chi connectivity index (χ2n) is 7.53. The van der Waals surface area contributed by atoms with Gasteiger partial charge in [0.15, 0.2) is 12.4 Å². The zero-order valence-corrected chi connectivity index (χ0v) is 18.9. The fraction of sp³-hybridized carbons (Fsp3) is 0.185. The first kappa shape index (κ1) is 22.6. The molecule has 1 aromatic heterocycles. The van der Waals surface area contributed by atoms with Crippen molar-refractivity contribution in [3.63, 3.8) is 0 Å². The van der Waals surface area contributed by atoms with Crippen LogP contribution in [0.3, 0.4) is 0 Å². The van der Waals surface area contributed by atoms with Crippen LogP contribution in [-0.4, -0.2) is 19.2 Å². The maximum atomic E-state index is 13.3. The van der Waals surface area contributed by atoms with Gasteiger partial charge in [0.05, 0.1) is 12.0 Å². The van der Waals surface area contributed by atoms with Crippen LogP contribution in [0.1, 0.15) is 18.1 Å². The molecule has 6 heteroatoms. The molecule has 3 aromatic carbocycles. The second-order valence-corrected chi connectivity index (χ2v) is 7.96. The summed E-state index contributed by atoms with van der Waals surface area (Å²) in [6, 6.07) is 22.1. The Morgan fingerprint density at radius 2 is 1.73 bits per heavy atom. The van der Waals surface area contributed by atoms with Gasteiger partial charge in [-0.1, -0.05) is 54.9 Å². The first-order valence-corrected chi connectivity index (χ1v) is 11.1. The quantitative estimate of drug-likeness (QED) is 0.308. The molecule has 0 aliphatic rings. The molecule has 5 nitrogen and oxygen atoms in total. The first-order chi connectivity index (χ1) is 16.0. The molecule has 0 spiro atoms. The molecule has 0 fully saturated rings. The van der Waals surface area contributed by atoms with Crippen LogP contribution in [0.4, 0.5) is 0 Å². The van der Waals surface area contributed by atoms with Gasteiger partial charge in [0.25, 0.3) is 0 Å². The smallest absolute Gasteiger partial charge is 0.344 e. The molecule has 0 radical (unpaired) electrons. The van der Waals surface area contributed by atoms with Crippen molar-refractivity contribution >= 4 is 28.5 Å². The number of rotatable bonds is 8. The number of fused-ring (bicyclic) bond motifs is 1. The number of aryl methyl sites for hydroxylation is 1. The zero-order valence-electron chi connectivity index (χ0n) is 18.2. The molecule has 4 rings (SSSR count). The monoisotopic (exact) mass is 462 g/mol. The fourth-order valence-corrected chi connectivity index (χ4v) is 3.59. The molecule has 168 valence electrons. The van der Waals surface area contributed by atoms with Crippen LogP contribution in [0.15, 0.2) is 82.0 Å². The highest BCUT2D eigenvalue weighted by molar-refractivity contribution is 6.30. The summed E-state index contributed by atoms with van der Waals surface area (Å²) in [6.45, 7) is 1.83. The maximum Gasteiger partial charge on any atom is 0.344 e. The summed E-state index contributed by atoms with van der Waals surface area (Å²) in [5.41, 5.74) is 2.79. The van der Waals surface area contributed by atoms with Crippen molar-refractivity contribution in [3.05, 3.63) is 99.2 Å². The third-order valence-electron chi connectivity index (χ3n) is 5.26. The van der Waals surface area contributed by atoms with Crippen LogP contribution in [0.2, 0.25) is 5.02 Å². The van der Waals surface area contributed by atoms with Crippen LogP contribution in [0, 0.1) is 0 Å². The number of hydrogen-bond acceptors (Lipinski definition) is 5. The average molecular weight is 463 g/mol. The molecule has 0 saturated carbocycles. The standard InChI is InChI=1S/C27H23ClO5/c1-2-18-8-13-23-22(16-18)25(30)27(26(33-23)20-9-11-21(28)12-10-20)32-17-24(29)31-15-14-19-6-4-3-5-7-19/h3-13,16H,2,14-15,17H2,1H3. The lowest BCUT2D eigenvalue weighted by atomic mass is 10.1. The molecule has 33 heavy (non-hydrogen) atoms. The Balaban J connectivity index is 1.58. The third kappa shape index (κ3) is 5.44. The highest BCUT2D eigenvalue weighted by Crippen LogP contribution is 2.32. The van der Waals surface area contributed by atoms with Gasteiger partial charge in [-0.25, -0.2) is 4.79 Å². The van der Waals surface area contributed by atoms with Crippen LogP contribution in [0.25, 0.3) is 22.3 Å². The van der Waals surface area contributed by atoms with E-state index in [1.54, 1.807) is 36.4 Å². The van der Waals surface area contributed by atoms with Gasteiger partial charge >= 0.3 is 5.97 Å². The fourth-order valence-electron chi connectivity index (χ4n) is 3.47. The molecule has 4 aromatic rings. The zero-order chi connectivity index (χ0) is 23.2. The van der Waals surface area contributed by atoms with Crippen LogP contribution < -0.4 is 10.2 Å². The van der Waals surface area contributed by atoms with Gasteiger partial charge in [0.1, 0.15) is 5.58 Å². The van der Waals surface area contributed by atoms with Crippen LogP contribution in [-0.2, 0) is 22.4 Å². The summed E-state index contributed by atoms with van der Waals surface area (Å²) < 4.78 is 17.0. The number of carbonyl (C=O) groups is 1. The Labute approximate surface area is 196 Å². The highest BCUT2D eigenvalue weighted by Gasteiger charge is 2.19. The van der Waals surface area contributed by atoms with E-state index in [4.69, 9.17) is 25.5 Å². The van der Waals surface area contributed by atoms with Crippen molar-refractivity contribution in [1.82, 2.24) is 0 Å². The predicted molar refractivity (Wildman–Crippen MR) is 129 cm³/mol. The van der Waals surface area contributed by atoms with Crippen molar-refractivity contribution in [3.8, 4) is 17.1 Å². The van der Waals surface area contributed by atoms with E-state index in [1.807, 2.05) is 43.3 Å². The Morgan fingerprint density at radius 3 is 2.45 bits per heavy atom. The summed E-state index contributed by atoms with van der Waals surface area (Å²) in [6.07, 6.45) is 1.37. The van der Waals surface area contributed by atoms with Gasteiger partial charge in [0, 0.05) is 17.0 Å². The van der Waals surface area contributed by atoms with E-state index in [-0.39, 0.29) is 23.5 Å². The normalized spacial score (nSPS) is 10.8. The Kier molecular flexibility index (Phi) is 7.10. The summed E-state index contributed by atoms with van der Waals surface area (Å²) in [4.78, 5) is 25.6. The molecule has 0 aliphatic heterocycles. The van der Waals surface area contributed by atoms with E-state index < -0.39 is 12.6 Å². The van der Waals surface area contributed by atoms with Gasteiger partial charge in [-0.15, -0.1) is 0 Å². The summed E-state index contributed by atoms with van der Waals surface area (Å²) >= 11 is 6.01. The third-order valence-corrected chi connectivity index (χ3v) is 5.51. The lowest BCUT2D eigenvalue weighted by Gasteiger charge is -2.12. The molecule has 0 atom stereocenters. The van der Waals surface area contributed by atoms with E-state index in [0.717, 1.165) is 17.5 Å². The molecule has 0 unspecified atom stereocenters. The number of esters is 1. The minimum Gasteiger partial charge on any atom is -0.474 e. The van der Waals surface area contributed by atoms with E-state index in [9.17, 15) is 9.59 Å². The summed E-state index contributed by atoms with van der Waals surface area (Å²) in [5.74, 6) is -0.349. The lowest BCUT2D eigenvalue weighted by molar-refractivity contribution is -0.145. The average Bonchev–Trinajstić information content (AvgIpc) is 2.84. The largest absolute Gasteiger partial charge is 0.474 e. The van der Waals surface area contributed by atoms with Gasteiger partial charge in [-0.2, -0.15) is 0 Å². The predicted octanol–water partition coefficient (Wildman–Crippen LogP) is 5.84. The van der Waals surface area contributed by atoms with Gasteiger partial charge < -0.3 is 13.9 Å². The van der Waals surface area contributed by atoms with E-state index in [2.05, 4.69) is 0 Å². The second kappa shape index (κ2) is 10.4. The molecule has 1 heterocycles. The molecule has 0 bridgehead atoms. The van der Waals surface area contributed by atoms with E-state index in [0.29, 0.717) is 28.0 Å². The lowest BCUT2D eigenvalue weighted by Crippen LogP contribution is -2.19. The molecular formula is C27H23ClO5. The summed E-state index contributed by atoms with van der Waals surface area (Å²) in [5, 5.41) is 0.957. The molecule has 0 amide bonds. The van der Waals surface area contributed by atoms with Crippen molar-refractivity contribution in [2.75, 3.05) is 13.2 Å². The SMILES string of the molecule is CCc1ccc2oc(-c3ccc(Cl)cc3)c(OCC(=O)OCCc3ccccc3)c(=O)c2c1. The first-order valence-electron chi connectivity index (χ1n) is 10.7. The van der Waals surface area contributed by atoms with Crippen molar-refractivity contribution in [2.45, 2.75) is 19.8 Å². The molecule has 0 saturated heterocycles. The van der Waals surface area contributed by atoms with Crippen molar-refractivity contribution < 1.29 is 18.7 Å². The topological polar surface area (TPSA) is 65.7 Å². The Morgan fingerprint density at radius 1 is 0.970 bits per heavy atom. The van der Waals surface area contributed by atoms with Crippen LogP contribution in [0.5, 0.6) is 5.75 Å². The highest BCUT2D eigenvalue weighted by atomic mass is 35.5.